The van der Waals surface area contributed by atoms with Crippen LogP contribution in [0.5, 0.6) is 0 Å². The number of nitrogens with zero attached hydrogens (tertiary/aromatic N) is 4. The van der Waals surface area contributed by atoms with Gasteiger partial charge >= 0.3 is 0 Å². The molecule has 2 aliphatic rings. The van der Waals surface area contributed by atoms with Gasteiger partial charge in [0.25, 0.3) is 0 Å². The van der Waals surface area contributed by atoms with Gasteiger partial charge in [-0.15, -0.1) is 0 Å². The molecule has 0 spiro atoms. The Balaban J connectivity index is 1.37. The van der Waals surface area contributed by atoms with E-state index >= 15 is 0 Å². The van der Waals surface area contributed by atoms with E-state index in [2.05, 4.69) is 32.3 Å². The predicted molar refractivity (Wildman–Crippen MR) is 87.3 cm³/mol. The molecule has 0 aliphatic carbocycles. The third-order valence-corrected chi connectivity index (χ3v) is 4.81. The van der Waals surface area contributed by atoms with Crippen LogP contribution in [-0.2, 0) is 16.1 Å². The smallest absolute Gasteiger partial charge is 0.234 e. The molecule has 1 amide bonds. The topological polar surface area (TPSA) is 83.7 Å². The number of aromatic nitrogens is 2. The van der Waals surface area contributed by atoms with E-state index in [0.717, 1.165) is 45.7 Å². The summed E-state index contributed by atoms with van der Waals surface area (Å²) in [7, 11) is 2.07. The van der Waals surface area contributed by atoms with Crippen molar-refractivity contribution in [3.05, 3.63) is 11.7 Å². The van der Waals surface area contributed by atoms with Crippen LogP contribution in [0.4, 0.5) is 0 Å². The molecule has 2 fully saturated rings. The van der Waals surface area contributed by atoms with E-state index < -0.39 is 0 Å². The van der Waals surface area contributed by atoms with Crippen LogP contribution >= 0.6 is 0 Å². The third-order valence-electron chi connectivity index (χ3n) is 4.81. The second kappa shape index (κ2) is 8.04. The number of likely N-dealkylation sites (N-methyl/N-ethyl adjacent to an activating group) is 1. The molecule has 1 aromatic heterocycles. The first-order chi connectivity index (χ1) is 11.6. The number of likely N-dealkylation sites (tertiary alicyclic amines) is 1. The van der Waals surface area contributed by atoms with Crippen molar-refractivity contribution >= 4 is 5.91 Å². The fourth-order valence-corrected chi connectivity index (χ4v) is 3.33. The van der Waals surface area contributed by atoms with E-state index in [9.17, 15) is 4.79 Å². The predicted octanol–water partition coefficient (Wildman–Crippen LogP) is 0.0368. The van der Waals surface area contributed by atoms with E-state index in [1.165, 1.54) is 0 Å². The summed E-state index contributed by atoms with van der Waals surface area (Å²) in [6, 6.07) is 0.417. The molecule has 0 aromatic carbocycles. The first-order valence-electron chi connectivity index (χ1n) is 8.66. The van der Waals surface area contributed by atoms with E-state index in [1.807, 2.05) is 0 Å². The molecular formula is C16H27N5O3. The fraction of sp³-hybridized carbons (Fsp3) is 0.812. The lowest BCUT2D eigenvalue weighted by molar-refractivity contribution is -0.122. The Kier molecular flexibility index (Phi) is 5.80. The van der Waals surface area contributed by atoms with Crippen LogP contribution in [0.15, 0.2) is 4.52 Å². The van der Waals surface area contributed by atoms with Crippen LogP contribution in [0.3, 0.4) is 0 Å². The molecule has 0 bridgehead atoms. The van der Waals surface area contributed by atoms with Gasteiger partial charge in [0.1, 0.15) is 0 Å². The summed E-state index contributed by atoms with van der Waals surface area (Å²) < 4.78 is 10.3. The molecule has 2 aliphatic heterocycles. The van der Waals surface area contributed by atoms with Crippen LogP contribution in [0.2, 0.25) is 0 Å². The number of amides is 1. The Morgan fingerprint density at radius 3 is 3.04 bits per heavy atom. The molecule has 8 nitrogen and oxygen atoms in total. The average molecular weight is 337 g/mol. The molecule has 2 atom stereocenters. The molecule has 1 aromatic rings. The van der Waals surface area contributed by atoms with Crippen molar-refractivity contribution in [2.24, 2.45) is 5.92 Å². The van der Waals surface area contributed by atoms with Crippen LogP contribution in [-0.4, -0.2) is 78.3 Å². The van der Waals surface area contributed by atoms with E-state index in [1.54, 1.807) is 6.92 Å². The van der Waals surface area contributed by atoms with Gasteiger partial charge < -0.3 is 14.6 Å². The van der Waals surface area contributed by atoms with Crippen LogP contribution in [0.1, 0.15) is 24.6 Å². The Hall–Kier alpha value is -1.51. The molecule has 2 saturated heterocycles. The summed E-state index contributed by atoms with van der Waals surface area (Å²) in [5.74, 6) is 1.89. The van der Waals surface area contributed by atoms with E-state index in [-0.39, 0.29) is 5.91 Å². The molecule has 3 heterocycles. The Morgan fingerprint density at radius 2 is 2.33 bits per heavy atom. The van der Waals surface area contributed by atoms with Crippen molar-refractivity contribution in [2.75, 3.05) is 46.4 Å². The van der Waals surface area contributed by atoms with Crippen molar-refractivity contribution in [1.29, 1.82) is 0 Å². The first kappa shape index (κ1) is 17.3. The molecule has 3 rings (SSSR count). The SMILES string of the molecule is Cc1nc(CN(C)[C@H]2CCN(CC(=O)NC[C@@H]3CCOC3)C2)no1. The minimum absolute atomic E-state index is 0.110. The number of carbonyl (C=O) groups is 1. The monoisotopic (exact) mass is 337 g/mol. The minimum atomic E-state index is 0.110. The average Bonchev–Trinajstić information content (AvgIpc) is 3.27. The molecule has 24 heavy (non-hydrogen) atoms. The highest BCUT2D eigenvalue weighted by Crippen LogP contribution is 2.16. The van der Waals surface area contributed by atoms with Gasteiger partial charge in [-0.2, -0.15) is 4.98 Å². The summed E-state index contributed by atoms with van der Waals surface area (Å²) in [6.45, 7) is 7.10. The summed E-state index contributed by atoms with van der Waals surface area (Å²) in [4.78, 5) is 20.8. The highest BCUT2D eigenvalue weighted by molar-refractivity contribution is 5.78. The van der Waals surface area contributed by atoms with Gasteiger partial charge in [0.05, 0.1) is 19.7 Å². The van der Waals surface area contributed by atoms with E-state index in [4.69, 9.17) is 9.26 Å². The van der Waals surface area contributed by atoms with Gasteiger partial charge in [-0.3, -0.25) is 14.6 Å². The van der Waals surface area contributed by atoms with Crippen molar-refractivity contribution in [2.45, 2.75) is 32.4 Å². The highest BCUT2D eigenvalue weighted by Gasteiger charge is 2.27. The number of ether oxygens (including phenoxy) is 1. The molecule has 1 N–H and O–H groups in total. The number of hydrogen-bond donors (Lipinski definition) is 1. The van der Waals surface area contributed by atoms with Crippen molar-refractivity contribution in [1.82, 2.24) is 25.3 Å². The molecular weight excluding hydrogens is 310 g/mol. The maximum Gasteiger partial charge on any atom is 0.234 e. The number of carbonyl (C=O) groups excluding carboxylic acids is 1. The Bertz CT molecular complexity index is 544. The van der Waals surface area contributed by atoms with Gasteiger partial charge in [-0.1, -0.05) is 5.16 Å². The Morgan fingerprint density at radius 1 is 1.46 bits per heavy atom. The van der Waals surface area contributed by atoms with Crippen molar-refractivity contribution in [3.8, 4) is 0 Å². The van der Waals surface area contributed by atoms with Crippen LogP contribution in [0, 0.1) is 12.8 Å². The molecule has 134 valence electrons. The lowest BCUT2D eigenvalue weighted by Gasteiger charge is -2.23. The highest BCUT2D eigenvalue weighted by atomic mass is 16.5. The van der Waals surface area contributed by atoms with Gasteiger partial charge in [-0.25, -0.2) is 0 Å². The lowest BCUT2D eigenvalue weighted by atomic mass is 10.1. The van der Waals surface area contributed by atoms with Crippen molar-refractivity contribution < 1.29 is 14.1 Å². The largest absolute Gasteiger partial charge is 0.381 e. The number of nitrogens with one attached hydrogen (secondary N) is 1. The molecule has 0 saturated carbocycles. The van der Waals surface area contributed by atoms with Crippen LogP contribution < -0.4 is 5.32 Å². The second-order valence-corrected chi connectivity index (χ2v) is 6.86. The van der Waals surface area contributed by atoms with Gasteiger partial charge in [-0.05, 0) is 19.9 Å². The summed E-state index contributed by atoms with van der Waals surface area (Å²) in [5, 5.41) is 6.97. The summed E-state index contributed by atoms with van der Waals surface area (Å²) in [5.41, 5.74) is 0. The quantitative estimate of drug-likeness (QED) is 0.752. The fourth-order valence-electron chi connectivity index (χ4n) is 3.33. The normalized spacial score (nSPS) is 24.8. The summed E-state index contributed by atoms with van der Waals surface area (Å²) in [6.07, 6.45) is 2.10. The van der Waals surface area contributed by atoms with Crippen LogP contribution in [0.25, 0.3) is 0 Å². The van der Waals surface area contributed by atoms with Gasteiger partial charge in [0.2, 0.25) is 11.8 Å². The Labute approximate surface area is 142 Å². The van der Waals surface area contributed by atoms with Gasteiger partial charge in [0, 0.05) is 45.1 Å². The maximum atomic E-state index is 12.1. The number of aryl methyl sites for hydroxylation is 1. The molecule has 0 radical (unpaired) electrons. The number of rotatable bonds is 7. The lowest BCUT2D eigenvalue weighted by Crippen LogP contribution is -2.40. The molecule has 8 heteroatoms. The summed E-state index contributed by atoms with van der Waals surface area (Å²) >= 11 is 0. The zero-order valence-electron chi connectivity index (χ0n) is 14.5. The number of hydrogen-bond acceptors (Lipinski definition) is 7. The first-order valence-corrected chi connectivity index (χ1v) is 8.66. The zero-order valence-corrected chi connectivity index (χ0v) is 14.5. The van der Waals surface area contributed by atoms with Crippen molar-refractivity contribution in [3.63, 3.8) is 0 Å². The van der Waals surface area contributed by atoms with Gasteiger partial charge in [0.15, 0.2) is 5.82 Å². The van der Waals surface area contributed by atoms with E-state index in [0.29, 0.717) is 36.8 Å². The maximum absolute atomic E-state index is 12.1. The second-order valence-electron chi connectivity index (χ2n) is 6.86. The third kappa shape index (κ3) is 4.75. The standard InChI is InChI=1S/C16H27N5O3/c1-12-18-15(19-24-12)9-20(2)14-3-5-21(8-14)10-16(22)17-7-13-4-6-23-11-13/h13-14H,3-11H2,1-2H3,(H,17,22)/t13-,14-/m0/s1. The molecule has 0 unspecified atom stereocenters. The minimum Gasteiger partial charge on any atom is -0.381 e. The zero-order chi connectivity index (χ0) is 16.9.